The molecule has 0 bridgehead atoms. The fraction of sp³-hybridized carbons (Fsp3) is 0.0714. The van der Waals surface area contributed by atoms with Gasteiger partial charge in [-0.1, -0.05) is 211 Å². The molecule has 0 spiro atoms. The van der Waals surface area contributed by atoms with Gasteiger partial charge in [-0.3, -0.25) is 0 Å². The summed E-state index contributed by atoms with van der Waals surface area (Å²) in [4.78, 5) is 0. The Morgan fingerprint density at radius 1 is 0.393 bits per heavy atom. The lowest BCUT2D eigenvalue weighted by Crippen LogP contribution is -2.29. The number of ether oxygens (including phenoxy) is 1. The Hall–Kier alpha value is -6.34. The van der Waals surface area contributed by atoms with Gasteiger partial charge in [-0.15, -0.1) is 0 Å². The van der Waals surface area contributed by atoms with Crippen LogP contribution in [0.3, 0.4) is 0 Å². The molecule has 1 aliphatic heterocycles. The molecule has 3 nitrogen and oxygen atoms in total. The van der Waals surface area contributed by atoms with Crippen LogP contribution in [0.25, 0.3) is 67.8 Å². The van der Waals surface area contributed by atoms with Gasteiger partial charge in [-0.25, -0.2) is 0 Å². The summed E-state index contributed by atoms with van der Waals surface area (Å²) in [6, 6.07) is 70.8. The van der Waals surface area contributed by atoms with Crippen molar-refractivity contribution >= 4 is 40.7 Å². The Balaban J connectivity index is 0.000000154. The third-order valence-corrected chi connectivity index (χ3v) is 10.5. The van der Waals surface area contributed by atoms with E-state index in [1.54, 1.807) is 30.3 Å². The molecule has 1 saturated heterocycles. The molecule has 1 aliphatic rings. The molecule has 1 heterocycles. The molecule has 1 fully saturated rings. The molecule has 9 rings (SSSR count). The monoisotopic (exact) mass is 860 g/mol. The molecule has 302 valence electrons. The van der Waals surface area contributed by atoms with Crippen molar-refractivity contribution in [2.45, 2.75) is 12.8 Å². The molecule has 0 radical (unpaired) electrons. The van der Waals surface area contributed by atoms with Gasteiger partial charge in [0.05, 0.1) is 0 Å². The molecule has 8 aromatic rings. The van der Waals surface area contributed by atoms with Crippen LogP contribution in [-0.4, -0.2) is 30.4 Å². The maximum Gasteiger partial charge on any atom is 0.488 e. The van der Waals surface area contributed by atoms with E-state index in [2.05, 4.69) is 199 Å². The van der Waals surface area contributed by atoms with Crippen molar-refractivity contribution in [3.05, 3.63) is 235 Å². The van der Waals surface area contributed by atoms with Crippen LogP contribution in [0, 0.1) is 0 Å². The van der Waals surface area contributed by atoms with Crippen LogP contribution < -0.4 is 5.46 Å². The average Bonchev–Trinajstić information content (AvgIpc) is 3.94. The van der Waals surface area contributed by atoms with Gasteiger partial charge in [-0.2, -0.15) is 0 Å². The van der Waals surface area contributed by atoms with Gasteiger partial charge in [-0.05, 0) is 121 Å². The molecule has 0 aliphatic carbocycles. The molecule has 0 aromatic heterocycles. The fourth-order valence-corrected chi connectivity index (χ4v) is 7.19. The quantitative estimate of drug-likeness (QED) is 0.150. The highest BCUT2D eigenvalue weighted by Crippen LogP contribution is 2.33. The van der Waals surface area contributed by atoms with E-state index in [4.69, 9.17) is 14.8 Å². The van der Waals surface area contributed by atoms with E-state index in [9.17, 15) is 0 Å². The molecule has 0 unspecified atom stereocenters. The van der Waals surface area contributed by atoms with Crippen LogP contribution in [0.1, 0.15) is 24.0 Å². The van der Waals surface area contributed by atoms with Crippen LogP contribution in [0.15, 0.2) is 224 Å². The van der Waals surface area contributed by atoms with Crippen molar-refractivity contribution in [3.8, 4) is 55.6 Å². The summed E-state index contributed by atoms with van der Waals surface area (Å²) in [6.07, 6.45) is 6.13. The number of hydrogen-bond acceptors (Lipinski definition) is 3. The van der Waals surface area contributed by atoms with Crippen molar-refractivity contribution in [2.75, 3.05) is 13.2 Å². The summed E-state index contributed by atoms with van der Waals surface area (Å²) in [5.74, 6) is 0. The number of benzene rings is 8. The van der Waals surface area contributed by atoms with Gasteiger partial charge in [0.15, 0.2) is 0 Å². The van der Waals surface area contributed by atoms with E-state index in [1.165, 1.54) is 68.5 Å². The SMILES string of the molecule is Brc1cc(-c2ccccc2)cc(-c2ccccc2)c1.C1CCOC1.C=Cc1ccc(-c2cc(-c3ccccc3)cc(-c3ccccc3)c2)cc1.C=Cc1ccc(B(O)O)cc1. The van der Waals surface area contributed by atoms with Gasteiger partial charge in [0.2, 0.25) is 0 Å². The lowest BCUT2D eigenvalue weighted by atomic mass is 9.80. The minimum absolute atomic E-state index is 0.496. The van der Waals surface area contributed by atoms with Crippen LogP contribution in [0.5, 0.6) is 0 Å². The molecular formula is C56H50BBrO3. The second kappa shape index (κ2) is 23.5. The van der Waals surface area contributed by atoms with E-state index in [-0.39, 0.29) is 0 Å². The van der Waals surface area contributed by atoms with Crippen molar-refractivity contribution in [3.63, 3.8) is 0 Å². The van der Waals surface area contributed by atoms with E-state index in [1.807, 2.05) is 18.2 Å². The highest BCUT2D eigenvalue weighted by atomic mass is 79.9. The molecule has 0 atom stereocenters. The molecule has 0 amide bonds. The summed E-state index contributed by atoms with van der Waals surface area (Å²) in [7, 11) is -1.38. The summed E-state index contributed by atoms with van der Waals surface area (Å²) < 4.78 is 6.05. The minimum Gasteiger partial charge on any atom is -0.423 e. The number of halogens is 1. The van der Waals surface area contributed by atoms with Gasteiger partial charge >= 0.3 is 7.12 Å². The smallest absolute Gasteiger partial charge is 0.423 e. The lowest BCUT2D eigenvalue weighted by Gasteiger charge is -2.11. The van der Waals surface area contributed by atoms with E-state index >= 15 is 0 Å². The summed E-state index contributed by atoms with van der Waals surface area (Å²) >= 11 is 3.61. The molecule has 61 heavy (non-hydrogen) atoms. The second-order valence-electron chi connectivity index (χ2n) is 14.4. The first-order chi connectivity index (χ1) is 29.9. The van der Waals surface area contributed by atoms with E-state index in [0.717, 1.165) is 28.8 Å². The minimum atomic E-state index is -1.38. The normalized spacial score (nSPS) is 11.3. The Morgan fingerprint density at radius 3 is 0.967 bits per heavy atom. The lowest BCUT2D eigenvalue weighted by molar-refractivity contribution is 0.198. The highest BCUT2D eigenvalue weighted by Gasteiger charge is 2.09. The predicted octanol–water partition coefficient (Wildman–Crippen LogP) is 13.9. The number of rotatable bonds is 8. The van der Waals surface area contributed by atoms with Crippen LogP contribution >= 0.6 is 15.9 Å². The topological polar surface area (TPSA) is 49.7 Å². The largest absolute Gasteiger partial charge is 0.488 e. The van der Waals surface area contributed by atoms with Crippen LogP contribution in [0.2, 0.25) is 0 Å². The zero-order valence-corrected chi connectivity index (χ0v) is 35.9. The van der Waals surface area contributed by atoms with Gasteiger partial charge in [0, 0.05) is 17.7 Å². The predicted molar refractivity (Wildman–Crippen MR) is 264 cm³/mol. The van der Waals surface area contributed by atoms with Crippen molar-refractivity contribution < 1.29 is 14.8 Å². The molecule has 8 aromatic carbocycles. The van der Waals surface area contributed by atoms with E-state index in [0.29, 0.717) is 5.46 Å². The Kier molecular flexibility index (Phi) is 17.0. The van der Waals surface area contributed by atoms with Gasteiger partial charge < -0.3 is 14.8 Å². The zero-order valence-electron chi connectivity index (χ0n) is 34.3. The molecule has 0 saturated carbocycles. The van der Waals surface area contributed by atoms with Gasteiger partial charge in [0.25, 0.3) is 0 Å². The summed E-state index contributed by atoms with van der Waals surface area (Å²) in [5.41, 5.74) is 14.9. The maximum atomic E-state index is 8.72. The van der Waals surface area contributed by atoms with Crippen LogP contribution in [0.4, 0.5) is 0 Å². The molecular weight excluding hydrogens is 811 g/mol. The molecule has 2 N–H and O–H groups in total. The fourth-order valence-electron chi connectivity index (χ4n) is 6.70. The van der Waals surface area contributed by atoms with Crippen molar-refractivity contribution in [1.29, 1.82) is 0 Å². The Labute approximate surface area is 370 Å². The third-order valence-electron chi connectivity index (χ3n) is 10.0. The first-order valence-corrected chi connectivity index (χ1v) is 21.3. The maximum absolute atomic E-state index is 8.72. The zero-order chi connectivity index (χ0) is 42.7. The average molecular weight is 862 g/mol. The number of hydrogen-bond donors (Lipinski definition) is 2. The Morgan fingerprint density at radius 2 is 0.689 bits per heavy atom. The van der Waals surface area contributed by atoms with Gasteiger partial charge in [0.1, 0.15) is 0 Å². The Bertz CT molecular complexity index is 2410. The van der Waals surface area contributed by atoms with Crippen molar-refractivity contribution in [1.82, 2.24) is 0 Å². The van der Waals surface area contributed by atoms with Crippen LogP contribution in [-0.2, 0) is 4.74 Å². The first kappa shape index (κ1) is 44.2. The van der Waals surface area contributed by atoms with Crippen molar-refractivity contribution in [2.24, 2.45) is 0 Å². The van der Waals surface area contributed by atoms with E-state index < -0.39 is 7.12 Å². The highest BCUT2D eigenvalue weighted by molar-refractivity contribution is 9.10. The third kappa shape index (κ3) is 13.6. The first-order valence-electron chi connectivity index (χ1n) is 20.5. The molecule has 5 heteroatoms. The summed E-state index contributed by atoms with van der Waals surface area (Å²) in [6.45, 7) is 9.42. The summed E-state index contributed by atoms with van der Waals surface area (Å²) in [5, 5.41) is 17.4. The second-order valence-corrected chi connectivity index (χ2v) is 15.3. The standard InChI is InChI=1S/C26H20.C18H13Br.C8H9BO2.C4H8O/c1-2-20-13-15-23(16-14-20)26-18-24(21-9-5-3-6-10-21)17-25(19-26)22-11-7-4-8-12-22;19-18-12-16(14-7-3-1-4-8-14)11-17(13-18)15-9-5-2-6-10-15;1-2-7-3-5-8(6-4-7)9(10)11;1-2-4-5-3-1/h2-19H,1H2;1-13H;2-6,10-11H,1H2;1-4H2.